The van der Waals surface area contributed by atoms with Gasteiger partial charge in [-0.2, -0.15) is 0 Å². The van der Waals surface area contributed by atoms with Crippen LogP contribution in [0.3, 0.4) is 0 Å². The summed E-state index contributed by atoms with van der Waals surface area (Å²) in [5.41, 5.74) is 0.783. The summed E-state index contributed by atoms with van der Waals surface area (Å²) in [5.74, 6) is 0. The molecule has 0 saturated carbocycles. The number of hydrogen-bond donors (Lipinski definition) is 1. The summed E-state index contributed by atoms with van der Waals surface area (Å²) in [5, 5.41) is 11.7. The molecule has 2 rings (SSSR count). The second-order valence-corrected chi connectivity index (χ2v) is 5.38. The van der Waals surface area contributed by atoms with Gasteiger partial charge in [0.1, 0.15) is 0 Å². The Morgan fingerprint density at radius 3 is 2.72 bits per heavy atom. The fourth-order valence-electron chi connectivity index (χ4n) is 2.29. The Hall–Kier alpha value is -0.580. The number of nitrogens with one attached hydrogen (secondary N) is 1. The van der Waals surface area contributed by atoms with Gasteiger partial charge in [0, 0.05) is 25.2 Å². The highest BCUT2D eigenvalue weighted by atomic mass is 35.5. The van der Waals surface area contributed by atoms with Crippen LogP contribution in [-0.2, 0) is 0 Å². The van der Waals surface area contributed by atoms with Gasteiger partial charge in [-0.05, 0) is 25.8 Å². The van der Waals surface area contributed by atoms with Crippen LogP contribution in [-0.4, -0.2) is 40.8 Å². The molecule has 4 nitrogen and oxygen atoms in total. The molecule has 1 aliphatic heterocycles. The molecule has 1 N–H and O–H groups in total. The second-order valence-electron chi connectivity index (χ2n) is 4.63. The number of hydrogen-bond acceptors (Lipinski definition) is 4. The van der Waals surface area contributed by atoms with E-state index < -0.39 is 0 Å². The van der Waals surface area contributed by atoms with E-state index in [1.807, 2.05) is 0 Å². The third-order valence-corrected chi connectivity index (χ3v) is 3.67. The number of piperidine rings is 1. The lowest BCUT2D eigenvalue weighted by Gasteiger charge is -2.32. The number of likely N-dealkylation sites (tertiary alicyclic amines) is 1. The van der Waals surface area contributed by atoms with Crippen molar-refractivity contribution in [3.05, 3.63) is 16.4 Å². The maximum atomic E-state index is 5.99. The van der Waals surface area contributed by atoms with Crippen LogP contribution in [0, 0.1) is 0 Å². The average Bonchev–Trinajstić information content (AvgIpc) is 2.37. The minimum Gasteiger partial charge on any atom is -0.380 e. The zero-order valence-electron chi connectivity index (χ0n) is 10.5. The fraction of sp³-hybridized carbons (Fsp3) is 0.667. The summed E-state index contributed by atoms with van der Waals surface area (Å²) < 4.78 is 0. The lowest BCUT2D eigenvalue weighted by atomic mass is 10.0. The summed E-state index contributed by atoms with van der Waals surface area (Å²) in [6.07, 6.45) is 3.46. The third-order valence-electron chi connectivity index (χ3n) is 3.21. The predicted octanol–water partition coefficient (Wildman–Crippen LogP) is 3.07. The van der Waals surface area contributed by atoms with Crippen molar-refractivity contribution >= 4 is 28.9 Å². The molecule has 0 aliphatic carbocycles. The molecule has 1 aromatic heterocycles. The van der Waals surface area contributed by atoms with E-state index in [2.05, 4.69) is 27.3 Å². The molecule has 0 unspecified atom stereocenters. The van der Waals surface area contributed by atoms with Gasteiger partial charge in [0.25, 0.3) is 0 Å². The molecule has 0 radical (unpaired) electrons. The molecular formula is C12H18Cl2N4. The van der Waals surface area contributed by atoms with Crippen LogP contribution in [0.2, 0.25) is 10.3 Å². The second kappa shape index (κ2) is 6.55. The highest BCUT2D eigenvalue weighted by molar-refractivity contribution is 6.33. The Bertz CT molecular complexity index is 392. The van der Waals surface area contributed by atoms with Crippen LogP contribution in [0.1, 0.15) is 26.2 Å². The van der Waals surface area contributed by atoms with Crippen LogP contribution < -0.4 is 5.32 Å². The quantitative estimate of drug-likeness (QED) is 0.925. The SMILES string of the molecule is CCCN1CCC(Nc2cc(Cl)nnc2Cl)CC1. The van der Waals surface area contributed by atoms with Gasteiger partial charge in [-0.1, -0.05) is 30.1 Å². The van der Waals surface area contributed by atoms with E-state index in [0.29, 0.717) is 16.3 Å². The van der Waals surface area contributed by atoms with Crippen molar-refractivity contribution in [1.82, 2.24) is 15.1 Å². The van der Waals surface area contributed by atoms with Gasteiger partial charge in [0.2, 0.25) is 0 Å². The number of nitrogens with zero attached hydrogens (tertiary/aromatic N) is 3. The fourth-order valence-corrected chi connectivity index (χ4v) is 2.59. The smallest absolute Gasteiger partial charge is 0.174 e. The van der Waals surface area contributed by atoms with Crippen LogP contribution in [0.15, 0.2) is 6.07 Å². The molecule has 0 atom stereocenters. The van der Waals surface area contributed by atoms with Crippen molar-refractivity contribution in [1.29, 1.82) is 0 Å². The summed E-state index contributed by atoms with van der Waals surface area (Å²) in [6, 6.07) is 2.17. The van der Waals surface area contributed by atoms with Crippen molar-refractivity contribution in [3.63, 3.8) is 0 Å². The third kappa shape index (κ3) is 3.70. The Labute approximate surface area is 118 Å². The first-order valence-electron chi connectivity index (χ1n) is 6.36. The van der Waals surface area contributed by atoms with Gasteiger partial charge in [0.05, 0.1) is 5.69 Å². The van der Waals surface area contributed by atoms with Gasteiger partial charge in [-0.15, -0.1) is 10.2 Å². The molecule has 100 valence electrons. The van der Waals surface area contributed by atoms with E-state index in [-0.39, 0.29) is 0 Å². The van der Waals surface area contributed by atoms with E-state index in [9.17, 15) is 0 Å². The van der Waals surface area contributed by atoms with Gasteiger partial charge in [-0.3, -0.25) is 0 Å². The maximum absolute atomic E-state index is 5.99. The Balaban J connectivity index is 1.89. The zero-order chi connectivity index (χ0) is 13.0. The molecule has 0 spiro atoms. The molecule has 1 aromatic rings. The molecule has 6 heteroatoms. The van der Waals surface area contributed by atoms with Crippen LogP contribution in [0.4, 0.5) is 5.69 Å². The number of aromatic nitrogens is 2. The lowest BCUT2D eigenvalue weighted by molar-refractivity contribution is 0.219. The monoisotopic (exact) mass is 288 g/mol. The van der Waals surface area contributed by atoms with E-state index in [0.717, 1.165) is 31.6 Å². The summed E-state index contributed by atoms with van der Waals surface area (Å²) >= 11 is 11.8. The van der Waals surface area contributed by atoms with Crippen molar-refractivity contribution in [3.8, 4) is 0 Å². The van der Waals surface area contributed by atoms with Crippen LogP contribution >= 0.6 is 23.2 Å². The average molecular weight is 289 g/mol. The summed E-state index contributed by atoms with van der Waals surface area (Å²) in [4.78, 5) is 2.50. The normalized spacial score (nSPS) is 17.9. The number of halogens is 2. The van der Waals surface area contributed by atoms with Crippen LogP contribution in [0.5, 0.6) is 0 Å². The maximum Gasteiger partial charge on any atom is 0.174 e. The summed E-state index contributed by atoms with van der Waals surface area (Å²) in [7, 11) is 0. The van der Waals surface area contributed by atoms with Crippen molar-refractivity contribution in [2.75, 3.05) is 25.0 Å². The topological polar surface area (TPSA) is 41.0 Å². The highest BCUT2D eigenvalue weighted by Gasteiger charge is 2.19. The number of anilines is 1. The minimum absolute atomic E-state index is 0.366. The van der Waals surface area contributed by atoms with Gasteiger partial charge in [-0.25, -0.2) is 0 Å². The Kier molecular flexibility index (Phi) is 5.03. The van der Waals surface area contributed by atoms with Crippen molar-refractivity contribution in [2.24, 2.45) is 0 Å². The largest absolute Gasteiger partial charge is 0.380 e. The van der Waals surface area contributed by atoms with Crippen LogP contribution in [0.25, 0.3) is 0 Å². The molecule has 0 bridgehead atoms. The zero-order valence-corrected chi connectivity index (χ0v) is 12.0. The molecule has 2 heterocycles. The standard InChI is InChI=1S/C12H18Cl2N4/c1-2-5-18-6-3-9(4-7-18)15-10-8-11(13)16-17-12(10)14/h8-9H,2-7H2,1H3,(H,15,16). The van der Waals surface area contributed by atoms with Crippen molar-refractivity contribution < 1.29 is 0 Å². The first-order valence-corrected chi connectivity index (χ1v) is 7.12. The van der Waals surface area contributed by atoms with E-state index in [1.54, 1.807) is 6.07 Å². The van der Waals surface area contributed by atoms with E-state index in [4.69, 9.17) is 23.2 Å². The summed E-state index contributed by atoms with van der Waals surface area (Å²) in [6.45, 7) is 5.68. The molecular weight excluding hydrogens is 271 g/mol. The molecule has 0 aromatic carbocycles. The molecule has 1 aliphatic rings. The Morgan fingerprint density at radius 2 is 2.06 bits per heavy atom. The molecule has 0 amide bonds. The van der Waals surface area contributed by atoms with Gasteiger partial charge < -0.3 is 10.2 Å². The molecule has 18 heavy (non-hydrogen) atoms. The van der Waals surface area contributed by atoms with Gasteiger partial charge in [0.15, 0.2) is 10.3 Å². The van der Waals surface area contributed by atoms with E-state index in [1.165, 1.54) is 13.0 Å². The Morgan fingerprint density at radius 1 is 1.33 bits per heavy atom. The number of rotatable bonds is 4. The lowest BCUT2D eigenvalue weighted by Crippen LogP contribution is -2.39. The first-order chi connectivity index (χ1) is 8.69. The molecule has 1 saturated heterocycles. The first kappa shape index (κ1) is 13.8. The van der Waals surface area contributed by atoms with Crippen molar-refractivity contribution in [2.45, 2.75) is 32.2 Å². The van der Waals surface area contributed by atoms with Gasteiger partial charge >= 0.3 is 0 Å². The molecule has 1 fully saturated rings. The highest BCUT2D eigenvalue weighted by Crippen LogP contribution is 2.24. The minimum atomic E-state index is 0.366. The predicted molar refractivity (Wildman–Crippen MR) is 75.4 cm³/mol. The van der Waals surface area contributed by atoms with E-state index >= 15 is 0 Å².